The summed E-state index contributed by atoms with van der Waals surface area (Å²) in [4.78, 5) is 65.2. The Balaban J connectivity index is 0.000000587. The molecule has 13 nitrogen and oxygen atoms in total. The molecular weight excluding hydrogens is 555 g/mol. The van der Waals surface area contributed by atoms with Crippen molar-refractivity contribution in [1.82, 2.24) is 24.7 Å². The quantitative estimate of drug-likeness (QED) is 0.279. The van der Waals surface area contributed by atoms with Gasteiger partial charge in [-0.05, 0) is 44.1 Å². The summed E-state index contributed by atoms with van der Waals surface area (Å²) in [5, 5.41) is 19.3. The van der Waals surface area contributed by atoms with Crippen molar-refractivity contribution < 1.29 is 52.1 Å². The Morgan fingerprint density at radius 2 is 1.71 bits per heavy atom. The molecule has 2 saturated heterocycles. The molecule has 1 aromatic carbocycles. The Morgan fingerprint density at radius 3 is 2.24 bits per heavy atom. The van der Waals surface area contributed by atoms with E-state index in [2.05, 4.69) is 10.3 Å². The van der Waals surface area contributed by atoms with E-state index in [1.165, 1.54) is 12.1 Å². The van der Waals surface area contributed by atoms with Crippen molar-refractivity contribution >= 4 is 29.5 Å². The second kappa shape index (κ2) is 13.8. The number of nitrogens with one attached hydrogen (secondary N) is 1. The lowest BCUT2D eigenvalue weighted by atomic mass is 10.0. The van der Waals surface area contributed by atoms with Gasteiger partial charge in [-0.25, -0.2) is 14.6 Å². The fraction of sp³-hybridized carbons (Fsp3) is 0.440. The number of rotatable bonds is 9. The standard InChI is InChI=1S/C23H27N5O6.C2HF3O2/c29-19(11-28-21(30)12-27(13-22(28)31)18-3-5-24-6-4-18)16-1-2-20(34-14-23(32)33)17(9-16)10-26-8-7-25-15-26;3-2(4,5)1(6)7/h1-2,7-9,15,18,24H,3-6,10-14H2,(H,32,33);(H,6,7). The SMILES string of the molecule is O=C(O)C(F)(F)F.O=C(O)COc1ccc(C(=O)CN2C(=O)CN(C3CCNCC3)CC2=O)cc1Cn1ccnc1. The molecule has 222 valence electrons. The Kier molecular flexibility index (Phi) is 10.5. The molecule has 3 N–H and O–H groups in total. The fourth-order valence-electron chi connectivity index (χ4n) is 4.29. The molecule has 0 radical (unpaired) electrons. The van der Waals surface area contributed by atoms with Crippen LogP contribution in [0.1, 0.15) is 28.8 Å². The fourth-order valence-corrected chi connectivity index (χ4v) is 4.29. The summed E-state index contributed by atoms with van der Waals surface area (Å²) in [5.41, 5.74) is 0.887. The van der Waals surface area contributed by atoms with E-state index in [1.54, 1.807) is 29.4 Å². The average molecular weight is 584 g/mol. The van der Waals surface area contributed by atoms with Crippen LogP contribution in [-0.2, 0) is 25.7 Å². The summed E-state index contributed by atoms with van der Waals surface area (Å²) in [7, 11) is 0. The minimum absolute atomic E-state index is 0.123. The van der Waals surface area contributed by atoms with E-state index in [4.69, 9.17) is 19.7 Å². The number of Topliss-reactive ketones (excluding diaryl/α,β-unsaturated/α-hetero) is 1. The van der Waals surface area contributed by atoms with Gasteiger partial charge in [-0.3, -0.25) is 24.2 Å². The van der Waals surface area contributed by atoms with Gasteiger partial charge in [-0.2, -0.15) is 13.2 Å². The summed E-state index contributed by atoms with van der Waals surface area (Å²) in [6.45, 7) is 1.42. The third-order valence-corrected chi connectivity index (χ3v) is 6.29. The summed E-state index contributed by atoms with van der Waals surface area (Å²) in [5.74, 6) is -4.67. The number of aromatic nitrogens is 2. The number of benzene rings is 1. The zero-order chi connectivity index (χ0) is 30.2. The predicted molar refractivity (Wildman–Crippen MR) is 133 cm³/mol. The minimum Gasteiger partial charge on any atom is -0.482 e. The Hall–Kier alpha value is -4.31. The Labute approximate surface area is 231 Å². The number of ether oxygens (including phenoxy) is 1. The van der Waals surface area contributed by atoms with E-state index in [0.717, 1.165) is 30.8 Å². The van der Waals surface area contributed by atoms with Gasteiger partial charge in [-0.1, -0.05) is 0 Å². The second-order valence-electron chi connectivity index (χ2n) is 9.23. The van der Waals surface area contributed by atoms with Crippen molar-refractivity contribution in [3.05, 3.63) is 48.0 Å². The van der Waals surface area contributed by atoms with Crippen LogP contribution in [0, 0.1) is 0 Å². The van der Waals surface area contributed by atoms with Gasteiger partial charge in [-0.15, -0.1) is 0 Å². The maximum atomic E-state index is 13.0. The normalized spacial score (nSPS) is 16.6. The number of aliphatic carboxylic acids is 2. The Morgan fingerprint density at radius 1 is 1.07 bits per heavy atom. The maximum absolute atomic E-state index is 13.0. The van der Waals surface area contributed by atoms with Gasteiger partial charge >= 0.3 is 18.1 Å². The number of imide groups is 1. The van der Waals surface area contributed by atoms with Crippen molar-refractivity contribution in [2.75, 3.05) is 39.3 Å². The van der Waals surface area contributed by atoms with Crippen LogP contribution in [0.4, 0.5) is 13.2 Å². The topological polar surface area (TPSA) is 171 Å². The van der Waals surface area contributed by atoms with Gasteiger partial charge in [0.15, 0.2) is 12.4 Å². The lowest BCUT2D eigenvalue weighted by Gasteiger charge is -2.38. The van der Waals surface area contributed by atoms with Crippen molar-refractivity contribution in [1.29, 1.82) is 0 Å². The molecule has 2 amide bonds. The highest BCUT2D eigenvalue weighted by Crippen LogP contribution is 2.23. The number of hydrogen-bond donors (Lipinski definition) is 3. The van der Waals surface area contributed by atoms with E-state index in [-0.39, 0.29) is 43.3 Å². The van der Waals surface area contributed by atoms with E-state index < -0.39 is 24.7 Å². The third-order valence-electron chi connectivity index (χ3n) is 6.29. The molecule has 0 aliphatic carbocycles. The lowest BCUT2D eigenvalue weighted by Crippen LogP contribution is -2.58. The van der Waals surface area contributed by atoms with Crippen LogP contribution in [-0.4, -0.2) is 111 Å². The lowest BCUT2D eigenvalue weighted by molar-refractivity contribution is -0.192. The van der Waals surface area contributed by atoms with E-state index in [0.29, 0.717) is 23.4 Å². The molecule has 3 heterocycles. The highest BCUT2D eigenvalue weighted by atomic mass is 19.4. The van der Waals surface area contributed by atoms with Gasteiger partial charge in [0, 0.05) is 29.6 Å². The van der Waals surface area contributed by atoms with Crippen molar-refractivity contribution in [3.8, 4) is 5.75 Å². The van der Waals surface area contributed by atoms with Crippen LogP contribution in [0.5, 0.6) is 5.75 Å². The number of halogens is 3. The summed E-state index contributed by atoms with van der Waals surface area (Å²) in [6, 6.07) is 4.83. The largest absolute Gasteiger partial charge is 0.490 e. The van der Waals surface area contributed by atoms with Crippen LogP contribution in [0.15, 0.2) is 36.9 Å². The number of carbonyl (C=O) groups is 5. The van der Waals surface area contributed by atoms with Crippen molar-refractivity contribution in [3.63, 3.8) is 0 Å². The number of hydrogen-bond acceptors (Lipinski definition) is 9. The number of piperazine rings is 1. The molecule has 4 rings (SSSR count). The molecule has 0 bridgehead atoms. The average Bonchev–Trinajstić information content (AvgIpc) is 3.43. The number of ketones is 1. The third kappa shape index (κ3) is 9.11. The first-order chi connectivity index (χ1) is 19.3. The number of alkyl halides is 3. The van der Waals surface area contributed by atoms with Gasteiger partial charge in [0.2, 0.25) is 11.8 Å². The van der Waals surface area contributed by atoms with Crippen LogP contribution < -0.4 is 10.1 Å². The van der Waals surface area contributed by atoms with Gasteiger partial charge in [0.05, 0.1) is 32.5 Å². The Bertz CT molecular complexity index is 1240. The molecule has 0 saturated carbocycles. The highest BCUT2D eigenvalue weighted by molar-refractivity contribution is 6.06. The van der Waals surface area contributed by atoms with E-state index >= 15 is 0 Å². The molecule has 41 heavy (non-hydrogen) atoms. The summed E-state index contributed by atoms with van der Waals surface area (Å²) >= 11 is 0. The van der Waals surface area contributed by atoms with Crippen LogP contribution >= 0.6 is 0 Å². The monoisotopic (exact) mass is 583 g/mol. The minimum atomic E-state index is -5.08. The molecular formula is C25H28F3N5O8. The van der Waals surface area contributed by atoms with Crippen molar-refractivity contribution in [2.45, 2.75) is 31.6 Å². The van der Waals surface area contributed by atoms with Gasteiger partial charge in [0.1, 0.15) is 5.75 Å². The number of carboxylic acids is 2. The maximum Gasteiger partial charge on any atom is 0.490 e. The molecule has 0 unspecified atom stereocenters. The molecule has 2 aromatic rings. The van der Waals surface area contributed by atoms with Gasteiger partial charge in [0.25, 0.3) is 0 Å². The smallest absolute Gasteiger partial charge is 0.482 e. The van der Waals surface area contributed by atoms with E-state index in [1.807, 2.05) is 4.90 Å². The molecule has 2 aliphatic rings. The van der Waals surface area contributed by atoms with Crippen LogP contribution in [0.3, 0.4) is 0 Å². The predicted octanol–water partition coefficient (Wildman–Crippen LogP) is 0.634. The van der Waals surface area contributed by atoms with E-state index in [9.17, 15) is 32.3 Å². The first-order valence-corrected chi connectivity index (χ1v) is 12.4. The first-order valence-electron chi connectivity index (χ1n) is 12.4. The van der Waals surface area contributed by atoms with Crippen LogP contribution in [0.25, 0.3) is 0 Å². The number of carboxylic acid groups (broad SMARTS) is 2. The number of amides is 2. The van der Waals surface area contributed by atoms with Crippen LogP contribution in [0.2, 0.25) is 0 Å². The zero-order valence-electron chi connectivity index (χ0n) is 21.7. The molecule has 2 fully saturated rings. The number of imidazole rings is 1. The number of nitrogens with zero attached hydrogens (tertiary/aromatic N) is 4. The molecule has 0 spiro atoms. The number of piperidine rings is 1. The molecule has 2 aliphatic heterocycles. The molecule has 0 atom stereocenters. The first kappa shape index (κ1) is 31.2. The summed E-state index contributed by atoms with van der Waals surface area (Å²) in [6.07, 6.45) is 1.61. The zero-order valence-corrected chi connectivity index (χ0v) is 21.7. The van der Waals surface area contributed by atoms with Crippen molar-refractivity contribution in [2.24, 2.45) is 0 Å². The summed E-state index contributed by atoms with van der Waals surface area (Å²) < 4.78 is 38.9. The highest BCUT2D eigenvalue weighted by Gasteiger charge is 2.38. The number of carbonyl (C=O) groups excluding carboxylic acids is 3. The van der Waals surface area contributed by atoms with Gasteiger partial charge < -0.3 is 24.8 Å². The second-order valence-corrected chi connectivity index (χ2v) is 9.23. The molecule has 1 aromatic heterocycles. The molecule has 16 heteroatoms.